The van der Waals surface area contributed by atoms with Crippen molar-refractivity contribution in [2.75, 3.05) is 32.1 Å². The number of azo groups is 1. The van der Waals surface area contributed by atoms with E-state index < -0.39 is 0 Å². The predicted molar refractivity (Wildman–Crippen MR) is 102 cm³/mol. The minimum atomic E-state index is -0.144. The van der Waals surface area contributed by atoms with Gasteiger partial charge in [-0.15, -0.1) is 5.11 Å². The highest BCUT2D eigenvalue weighted by atomic mass is 16.1. The molecule has 6 nitrogen and oxygen atoms in total. The molecule has 6 heteroatoms. The zero-order valence-electron chi connectivity index (χ0n) is 14.8. The molecule has 0 atom stereocenters. The molecule has 0 saturated heterocycles. The van der Waals surface area contributed by atoms with Gasteiger partial charge in [0.2, 0.25) is 0 Å². The Labute approximate surface area is 148 Å². The number of carbonyl (C=O) groups is 1. The molecule has 0 aliphatic heterocycles. The molecule has 0 fully saturated rings. The second kappa shape index (κ2) is 9.54. The predicted octanol–water partition coefficient (Wildman–Crippen LogP) is 3.64. The van der Waals surface area contributed by atoms with E-state index >= 15 is 0 Å². The molecule has 0 saturated carbocycles. The molecule has 2 rings (SSSR count). The van der Waals surface area contributed by atoms with Crippen LogP contribution in [0.4, 0.5) is 17.1 Å². The van der Waals surface area contributed by atoms with Crippen molar-refractivity contribution >= 4 is 23.0 Å². The summed E-state index contributed by atoms with van der Waals surface area (Å²) in [7, 11) is 3.97. The second-order valence-corrected chi connectivity index (χ2v) is 5.88. The van der Waals surface area contributed by atoms with Crippen LogP contribution in [-0.2, 0) is 0 Å². The lowest BCUT2D eigenvalue weighted by Gasteiger charge is -2.11. The van der Waals surface area contributed by atoms with E-state index in [-0.39, 0.29) is 5.91 Å². The van der Waals surface area contributed by atoms with Crippen LogP contribution in [0.5, 0.6) is 0 Å². The minimum Gasteiger partial charge on any atom is -0.378 e. The van der Waals surface area contributed by atoms with Gasteiger partial charge in [0.1, 0.15) is 0 Å². The van der Waals surface area contributed by atoms with Gasteiger partial charge in [-0.1, -0.05) is 12.1 Å². The molecule has 0 spiro atoms. The standard InChI is InChI=1S/C19H25N5O/c1-24(2)16-11-9-15(10-12-16)22-23-18-8-4-3-7-17(18)19(25)21-14-6-5-13-20/h3-4,7-12H,5-6,13-14,20H2,1-2H3,(H,21,25)/b23-22+. The lowest BCUT2D eigenvalue weighted by molar-refractivity contribution is 0.0953. The molecule has 0 bridgehead atoms. The third kappa shape index (κ3) is 5.69. The van der Waals surface area contributed by atoms with Gasteiger partial charge < -0.3 is 16.0 Å². The Morgan fingerprint density at radius 1 is 1.04 bits per heavy atom. The average Bonchev–Trinajstić information content (AvgIpc) is 2.64. The normalized spacial score (nSPS) is 10.8. The van der Waals surface area contributed by atoms with Gasteiger partial charge in [-0.3, -0.25) is 4.79 Å². The van der Waals surface area contributed by atoms with Crippen LogP contribution >= 0.6 is 0 Å². The van der Waals surface area contributed by atoms with Crippen LogP contribution in [0.1, 0.15) is 23.2 Å². The summed E-state index contributed by atoms with van der Waals surface area (Å²) >= 11 is 0. The van der Waals surface area contributed by atoms with Crippen molar-refractivity contribution in [3.63, 3.8) is 0 Å². The van der Waals surface area contributed by atoms with Gasteiger partial charge >= 0.3 is 0 Å². The summed E-state index contributed by atoms with van der Waals surface area (Å²) in [4.78, 5) is 14.3. The molecule has 0 aliphatic rings. The van der Waals surface area contributed by atoms with Crippen LogP contribution in [0.2, 0.25) is 0 Å². The molecule has 0 aliphatic carbocycles. The molecule has 0 radical (unpaired) electrons. The summed E-state index contributed by atoms with van der Waals surface area (Å²) in [5, 5.41) is 11.4. The molecule has 0 unspecified atom stereocenters. The van der Waals surface area contributed by atoms with Crippen LogP contribution in [0.3, 0.4) is 0 Å². The summed E-state index contributed by atoms with van der Waals surface area (Å²) in [6, 6.07) is 14.9. The fraction of sp³-hybridized carbons (Fsp3) is 0.316. The summed E-state index contributed by atoms with van der Waals surface area (Å²) in [5.41, 5.74) is 8.36. The molecular weight excluding hydrogens is 314 g/mol. The third-order valence-electron chi connectivity index (χ3n) is 3.70. The third-order valence-corrected chi connectivity index (χ3v) is 3.70. The van der Waals surface area contributed by atoms with Gasteiger partial charge in [0.05, 0.1) is 16.9 Å². The number of unbranched alkanes of at least 4 members (excludes halogenated alkanes) is 1. The first-order valence-corrected chi connectivity index (χ1v) is 8.38. The minimum absolute atomic E-state index is 0.144. The first-order valence-electron chi connectivity index (χ1n) is 8.38. The maximum absolute atomic E-state index is 12.3. The number of benzene rings is 2. The number of nitrogens with zero attached hydrogens (tertiary/aromatic N) is 3. The Balaban J connectivity index is 2.07. The maximum atomic E-state index is 12.3. The van der Waals surface area contributed by atoms with Gasteiger partial charge in [0.25, 0.3) is 5.91 Å². The Morgan fingerprint density at radius 3 is 2.44 bits per heavy atom. The number of nitrogens with two attached hydrogens (primary N) is 1. The van der Waals surface area contributed by atoms with Crippen molar-refractivity contribution in [1.82, 2.24) is 5.32 Å². The highest BCUT2D eigenvalue weighted by Crippen LogP contribution is 2.23. The lowest BCUT2D eigenvalue weighted by atomic mass is 10.1. The molecule has 3 N–H and O–H groups in total. The first-order chi connectivity index (χ1) is 12.1. The van der Waals surface area contributed by atoms with Crippen molar-refractivity contribution in [3.8, 4) is 0 Å². The quantitative estimate of drug-likeness (QED) is 0.569. The van der Waals surface area contributed by atoms with Crippen molar-refractivity contribution < 1.29 is 4.79 Å². The molecule has 0 heterocycles. The fourth-order valence-corrected chi connectivity index (χ4v) is 2.25. The van der Waals surface area contributed by atoms with Crippen molar-refractivity contribution in [1.29, 1.82) is 0 Å². The molecule has 25 heavy (non-hydrogen) atoms. The van der Waals surface area contributed by atoms with Crippen LogP contribution in [0, 0.1) is 0 Å². The van der Waals surface area contributed by atoms with E-state index in [0.717, 1.165) is 24.2 Å². The van der Waals surface area contributed by atoms with Gasteiger partial charge in [-0.05, 0) is 55.8 Å². The lowest BCUT2D eigenvalue weighted by Crippen LogP contribution is -2.24. The molecule has 0 aromatic heterocycles. The van der Waals surface area contributed by atoms with Crippen LogP contribution in [-0.4, -0.2) is 33.1 Å². The highest BCUT2D eigenvalue weighted by molar-refractivity contribution is 5.98. The van der Waals surface area contributed by atoms with Crippen molar-refractivity contribution in [2.45, 2.75) is 12.8 Å². The number of hydrogen-bond acceptors (Lipinski definition) is 5. The Morgan fingerprint density at radius 2 is 1.76 bits per heavy atom. The summed E-state index contributed by atoms with van der Waals surface area (Å²) in [6.07, 6.45) is 1.76. The van der Waals surface area contributed by atoms with E-state index in [1.807, 2.05) is 55.4 Å². The monoisotopic (exact) mass is 339 g/mol. The summed E-state index contributed by atoms with van der Waals surface area (Å²) in [6.45, 7) is 1.24. The van der Waals surface area contributed by atoms with Gasteiger partial charge in [0.15, 0.2) is 0 Å². The van der Waals surface area contributed by atoms with Crippen LogP contribution < -0.4 is 16.0 Å². The van der Waals surface area contributed by atoms with Crippen molar-refractivity contribution in [3.05, 3.63) is 54.1 Å². The topological polar surface area (TPSA) is 83.1 Å². The van der Waals surface area contributed by atoms with Crippen molar-refractivity contribution in [2.24, 2.45) is 16.0 Å². The van der Waals surface area contributed by atoms with E-state index in [4.69, 9.17) is 5.73 Å². The Bertz CT molecular complexity index is 710. The van der Waals surface area contributed by atoms with Crippen LogP contribution in [0.25, 0.3) is 0 Å². The number of nitrogens with one attached hydrogen (secondary N) is 1. The van der Waals surface area contributed by atoms with Gasteiger partial charge in [-0.25, -0.2) is 0 Å². The average molecular weight is 339 g/mol. The number of carbonyl (C=O) groups excluding carboxylic acids is 1. The number of hydrogen-bond donors (Lipinski definition) is 2. The second-order valence-electron chi connectivity index (χ2n) is 5.88. The molecule has 1 amide bonds. The Hall–Kier alpha value is -2.73. The van der Waals surface area contributed by atoms with E-state index in [0.29, 0.717) is 24.3 Å². The smallest absolute Gasteiger partial charge is 0.253 e. The maximum Gasteiger partial charge on any atom is 0.253 e. The van der Waals surface area contributed by atoms with E-state index in [2.05, 4.69) is 15.5 Å². The van der Waals surface area contributed by atoms with Gasteiger partial charge in [0, 0.05) is 26.3 Å². The summed E-state index contributed by atoms with van der Waals surface area (Å²) in [5.74, 6) is -0.144. The summed E-state index contributed by atoms with van der Waals surface area (Å²) < 4.78 is 0. The largest absolute Gasteiger partial charge is 0.378 e. The van der Waals surface area contributed by atoms with E-state index in [1.165, 1.54) is 0 Å². The Kier molecular flexibility index (Phi) is 7.10. The van der Waals surface area contributed by atoms with E-state index in [1.54, 1.807) is 12.1 Å². The zero-order chi connectivity index (χ0) is 18.1. The SMILES string of the molecule is CN(C)c1ccc(/N=N/c2ccccc2C(=O)NCCCCN)cc1. The zero-order valence-corrected chi connectivity index (χ0v) is 14.8. The van der Waals surface area contributed by atoms with E-state index in [9.17, 15) is 4.79 Å². The number of amides is 1. The molecule has 132 valence electrons. The molecule has 2 aromatic carbocycles. The highest BCUT2D eigenvalue weighted by Gasteiger charge is 2.10. The van der Waals surface area contributed by atoms with Gasteiger partial charge in [-0.2, -0.15) is 5.11 Å². The number of rotatable bonds is 8. The molecule has 2 aromatic rings. The fourth-order valence-electron chi connectivity index (χ4n) is 2.25. The number of anilines is 1. The first kappa shape index (κ1) is 18.6. The van der Waals surface area contributed by atoms with Crippen LogP contribution in [0.15, 0.2) is 58.8 Å². The molecular formula is C19H25N5O.